The number of nitrogens with zero attached hydrogens (tertiary/aromatic N) is 3. The van der Waals surface area contributed by atoms with E-state index < -0.39 is 0 Å². The van der Waals surface area contributed by atoms with E-state index in [1.165, 1.54) is 25.9 Å². The molecule has 1 aromatic heterocycles. The molecular weight excluding hydrogens is 262 g/mol. The van der Waals surface area contributed by atoms with Crippen LogP contribution in [-0.4, -0.2) is 40.6 Å². The molecule has 0 spiro atoms. The van der Waals surface area contributed by atoms with Gasteiger partial charge in [0.25, 0.3) is 0 Å². The number of ether oxygens (including phenoxy) is 1. The second-order valence-electron chi connectivity index (χ2n) is 5.91. The molecule has 4 heterocycles. The Balaban J connectivity index is 1.47. The normalized spacial score (nSPS) is 27.5. The standard InChI is InChI=1S/C17H19N3O/c1-2-4-13(5-3-1)15-10-18-17(19-11-15)21-16-12-20-8-6-14(16)7-9-20/h1-5,10-11,14,16H,6-9,12H2/t16-/m1/s1. The van der Waals surface area contributed by atoms with Gasteiger partial charge in [-0.15, -0.1) is 0 Å². The fourth-order valence-electron chi connectivity index (χ4n) is 3.34. The summed E-state index contributed by atoms with van der Waals surface area (Å²) in [4.78, 5) is 11.2. The maximum absolute atomic E-state index is 6.02. The molecule has 21 heavy (non-hydrogen) atoms. The Bertz CT molecular complexity index is 591. The number of hydrogen-bond donors (Lipinski definition) is 0. The van der Waals surface area contributed by atoms with Crippen molar-refractivity contribution in [2.45, 2.75) is 18.9 Å². The van der Waals surface area contributed by atoms with Crippen molar-refractivity contribution < 1.29 is 4.74 Å². The molecule has 1 aromatic carbocycles. The van der Waals surface area contributed by atoms with Crippen molar-refractivity contribution >= 4 is 0 Å². The number of piperidine rings is 3. The van der Waals surface area contributed by atoms with E-state index in [-0.39, 0.29) is 6.10 Å². The number of benzene rings is 1. The number of rotatable bonds is 3. The summed E-state index contributed by atoms with van der Waals surface area (Å²) < 4.78 is 6.02. The molecule has 108 valence electrons. The van der Waals surface area contributed by atoms with Crippen LogP contribution in [0.1, 0.15) is 12.8 Å². The highest BCUT2D eigenvalue weighted by atomic mass is 16.5. The second kappa shape index (κ2) is 5.45. The molecule has 4 heteroatoms. The van der Waals surface area contributed by atoms with Gasteiger partial charge in [-0.3, -0.25) is 4.90 Å². The van der Waals surface area contributed by atoms with E-state index in [2.05, 4.69) is 27.0 Å². The third kappa shape index (κ3) is 2.63. The molecule has 4 nitrogen and oxygen atoms in total. The topological polar surface area (TPSA) is 38.2 Å². The Labute approximate surface area is 124 Å². The Hall–Kier alpha value is -1.94. The Morgan fingerprint density at radius 3 is 2.29 bits per heavy atom. The summed E-state index contributed by atoms with van der Waals surface area (Å²) in [5.41, 5.74) is 2.16. The van der Waals surface area contributed by atoms with Crippen LogP contribution in [0.4, 0.5) is 0 Å². The quantitative estimate of drug-likeness (QED) is 0.867. The van der Waals surface area contributed by atoms with Crippen molar-refractivity contribution in [1.82, 2.24) is 14.9 Å². The summed E-state index contributed by atoms with van der Waals surface area (Å²) in [6, 6.07) is 10.7. The average molecular weight is 281 g/mol. The van der Waals surface area contributed by atoms with Crippen LogP contribution in [0, 0.1) is 5.92 Å². The monoisotopic (exact) mass is 281 g/mol. The van der Waals surface area contributed by atoms with Gasteiger partial charge in [0, 0.05) is 24.5 Å². The van der Waals surface area contributed by atoms with Gasteiger partial charge < -0.3 is 4.74 Å². The lowest BCUT2D eigenvalue weighted by Gasteiger charge is -2.43. The Morgan fingerprint density at radius 2 is 1.67 bits per heavy atom. The van der Waals surface area contributed by atoms with Gasteiger partial charge in [0.15, 0.2) is 0 Å². The van der Waals surface area contributed by atoms with E-state index in [1.807, 2.05) is 30.6 Å². The highest BCUT2D eigenvalue weighted by molar-refractivity contribution is 5.61. The molecule has 3 fully saturated rings. The lowest BCUT2D eigenvalue weighted by Crippen LogP contribution is -2.52. The van der Waals surface area contributed by atoms with Crippen LogP contribution in [0.25, 0.3) is 11.1 Å². The van der Waals surface area contributed by atoms with Gasteiger partial charge in [-0.2, -0.15) is 0 Å². The maximum atomic E-state index is 6.02. The van der Waals surface area contributed by atoms with Gasteiger partial charge in [0.05, 0.1) is 0 Å². The maximum Gasteiger partial charge on any atom is 0.316 e. The highest BCUT2D eigenvalue weighted by Crippen LogP contribution is 2.30. The first-order valence-electron chi connectivity index (χ1n) is 7.65. The lowest BCUT2D eigenvalue weighted by molar-refractivity contribution is -0.0123. The predicted octanol–water partition coefficient (Wildman–Crippen LogP) is 2.62. The molecule has 5 rings (SSSR count). The van der Waals surface area contributed by atoms with Crippen LogP contribution in [0.15, 0.2) is 42.7 Å². The summed E-state index contributed by atoms with van der Waals surface area (Å²) in [5, 5.41) is 0. The summed E-state index contributed by atoms with van der Waals surface area (Å²) in [6.07, 6.45) is 6.44. The first-order valence-corrected chi connectivity index (χ1v) is 7.65. The van der Waals surface area contributed by atoms with E-state index in [0.29, 0.717) is 11.9 Å². The minimum absolute atomic E-state index is 0.259. The highest BCUT2D eigenvalue weighted by Gasteiger charge is 2.35. The number of hydrogen-bond acceptors (Lipinski definition) is 4. The smallest absolute Gasteiger partial charge is 0.316 e. The third-order valence-corrected chi connectivity index (χ3v) is 4.59. The van der Waals surface area contributed by atoms with Crippen LogP contribution in [0.5, 0.6) is 6.01 Å². The zero-order valence-electron chi connectivity index (χ0n) is 12.0. The van der Waals surface area contributed by atoms with Crippen LogP contribution >= 0.6 is 0 Å². The second-order valence-corrected chi connectivity index (χ2v) is 5.91. The minimum atomic E-state index is 0.259. The molecule has 0 saturated carbocycles. The molecule has 0 unspecified atom stereocenters. The number of fused-ring (bicyclic) bond motifs is 3. The molecule has 0 aliphatic carbocycles. The van der Waals surface area contributed by atoms with Crippen molar-refractivity contribution in [3.63, 3.8) is 0 Å². The van der Waals surface area contributed by atoms with E-state index in [9.17, 15) is 0 Å². The first-order chi connectivity index (χ1) is 10.4. The van der Waals surface area contributed by atoms with Gasteiger partial charge in [-0.1, -0.05) is 30.3 Å². The van der Waals surface area contributed by atoms with Crippen LogP contribution < -0.4 is 4.74 Å². The third-order valence-electron chi connectivity index (χ3n) is 4.59. The fourth-order valence-corrected chi connectivity index (χ4v) is 3.34. The zero-order valence-corrected chi connectivity index (χ0v) is 12.0. The lowest BCUT2D eigenvalue weighted by atomic mass is 9.86. The fraction of sp³-hybridized carbons (Fsp3) is 0.412. The largest absolute Gasteiger partial charge is 0.458 e. The molecule has 0 N–H and O–H groups in total. The van der Waals surface area contributed by atoms with E-state index in [4.69, 9.17) is 4.74 Å². The molecule has 2 aromatic rings. The van der Waals surface area contributed by atoms with Crippen LogP contribution in [-0.2, 0) is 0 Å². The molecule has 3 aliphatic heterocycles. The molecule has 2 bridgehead atoms. The summed E-state index contributed by atoms with van der Waals surface area (Å²) >= 11 is 0. The van der Waals surface area contributed by atoms with Crippen molar-refractivity contribution in [1.29, 1.82) is 0 Å². The molecular formula is C17H19N3O. The molecule has 1 atom stereocenters. The van der Waals surface area contributed by atoms with Crippen molar-refractivity contribution in [3.05, 3.63) is 42.7 Å². The van der Waals surface area contributed by atoms with E-state index in [0.717, 1.165) is 17.7 Å². The molecule has 0 radical (unpaired) electrons. The van der Waals surface area contributed by atoms with Gasteiger partial charge in [-0.25, -0.2) is 9.97 Å². The van der Waals surface area contributed by atoms with Crippen molar-refractivity contribution in [3.8, 4) is 17.1 Å². The van der Waals surface area contributed by atoms with Crippen molar-refractivity contribution in [2.24, 2.45) is 5.92 Å². The van der Waals surface area contributed by atoms with E-state index in [1.54, 1.807) is 0 Å². The summed E-state index contributed by atoms with van der Waals surface area (Å²) in [5.74, 6) is 0.674. The molecule has 3 saturated heterocycles. The van der Waals surface area contributed by atoms with E-state index >= 15 is 0 Å². The molecule has 0 amide bonds. The zero-order chi connectivity index (χ0) is 14.1. The Morgan fingerprint density at radius 1 is 0.952 bits per heavy atom. The van der Waals surface area contributed by atoms with Gasteiger partial charge in [0.1, 0.15) is 6.10 Å². The first kappa shape index (κ1) is 12.8. The van der Waals surface area contributed by atoms with Gasteiger partial charge in [0.2, 0.25) is 0 Å². The predicted molar refractivity (Wildman–Crippen MR) is 81.0 cm³/mol. The summed E-state index contributed by atoms with van der Waals surface area (Å²) in [6.45, 7) is 3.46. The number of aromatic nitrogens is 2. The van der Waals surface area contributed by atoms with Gasteiger partial charge in [-0.05, 0) is 37.4 Å². The SMILES string of the molecule is c1ccc(-c2cnc(O[C@@H]3CN4CCC3CC4)nc2)cc1. The van der Waals surface area contributed by atoms with Gasteiger partial charge >= 0.3 is 6.01 Å². The average Bonchev–Trinajstić information content (AvgIpc) is 2.57. The van der Waals surface area contributed by atoms with Crippen LogP contribution in [0.2, 0.25) is 0 Å². The van der Waals surface area contributed by atoms with Crippen molar-refractivity contribution in [2.75, 3.05) is 19.6 Å². The minimum Gasteiger partial charge on any atom is -0.458 e. The summed E-state index contributed by atoms with van der Waals surface area (Å²) in [7, 11) is 0. The molecule has 3 aliphatic rings. The Kier molecular flexibility index (Phi) is 3.31. The van der Waals surface area contributed by atoms with Crippen LogP contribution in [0.3, 0.4) is 0 Å².